The van der Waals surface area contributed by atoms with Crippen molar-refractivity contribution >= 4 is 11.0 Å². The van der Waals surface area contributed by atoms with Crippen LogP contribution in [0, 0.1) is 5.95 Å². The summed E-state index contributed by atoms with van der Waals surface area (Å²) in [5, 5.41) is 9.99. The van der Waals surface area contributed by atoms with E-state index in [9.17, 15) is 9.50 Å². The summed E-state index contributed by atoms with van der Waals surface area (Å²) in [7, 11) is 0. The van der Waals surface area contributed by atoms with Crippen molar-refractivity contribution in [2.45, 2.75) is 13.0 Å². The molecular weight excluding hydrogens is 317 g/mol. The van der Waals surface area contributed by atoms with E-state index in [2.05, 4.69) is 9.97 Å². The maximum absolute atomic E-state index is 14.0. The Morgan fingerprint density at radius 2 is 2.04 bits per heavy atom. The molecule has 0 amide bonds. The summed E-state index contributed by atoms with van der Waals surface area (Å²) in [5.74, 6) is -0.543. The minimum atomic E-state index is -2.50. The first-order valence-electron chi connectivity index (χ1n) is 9.21. The summed E-state index contributed by atoms with van der Waals surface area (Å²) in [6.07, 6.45) is 1.44. The number of aliphatic hydroxyl groups is 1. The van der Waals surface area contributed by atoms with Crippen molar-refractivity contribution in [3.05, 3.63) is 78.6 Å². The van der Waals surface area contributed by atoms with Gasteiger partial charge in [-0.3, -0.25) is 4.57 Å². The largest absolute Gasteiger partial charge is 0.389 e. The molecule has 0 unspecified atom stereocenters. The lowest BCUT2D eigenvalue weighted by Gasteiger charge is -2.09. The van der Waals surface area contributed by atoms with Gasteiger partial charge < -0.3 is 5.11 Å². The third-order valence-electron chi connectivity index (χ3n) is 4.08. The first-order chi connectivity index (χ1) is 13.3. The predicted octanol–water partition coefficient (Wildman–Crippen LogP) is 4.28. The second-order valence-electron chi connectivity index (χ2n) is 5.66. The predicted molar refractivity (Wildman–Crippen MR) is 94.9 cm³/mol. The molecule has 2 heterocycles. The molecule has 0 aliphatic rings. The Labute approximate surface area is 148 Å². The highest BCUT2D eigenvalue weighted by molar-refractivity contribution is 5.79. The average molecular weight is 336 g/mol. The number of halogens is 1. The van der Waals surface area contributed by atoms with Crippen LogP contribution in [0.1, 0.15) is 22.6 Å². The van der Waals surface area contributed by atoms with E-state index in [4.69, 9.17) is 4.11 Å². The molecule has 25 heavy (non-hydrogen) atoms. The van der Waals surface area contributed by atoms with E-state index < -0.39 is 18.9 Å². The van der Waals surface area contributed by atoms with Gasteiger partial charge in [-0.1, -0.05) is 18.2 Å². The lowest BCUT2D eigenvalue weighted by Crippen LogP contribution is -1.95. The Morgan fingerprint density at radius 1 is 1.12 bits per heavy atom. The van der Waals surface area contributed by atoms with Crippen LogP contribution < -0.4 is 0 Å². The van der Waals surface area contributed by atoms with Crippen LogP contribution in [0.3, 0.4) is 0 Å². The molecule has 2 aromatic carbocycles. The summed E-state index contributed by atoms with van der Waals surface area (Å²) in [6, 6.07) is 15.5. The SMILES string of the molecule is [2H]C([2H])([2H])[C@@H](O)c1ccc2c(c1)ncn2-c1cccc(-c2cccnc2F)c1. The lowest BCUT2D eigenvalue weighted by molar-refractivity contribution is 0.199. The van der Waals surface area contributed by atoms with Gasteiger partial charge in [0.25, 0.3) is 0 Å². The van der Waals surface area contributed by atoms with Crippen molar-refractivity contribution in [2.24, 2.45) is 0 Å². The van der Waals surface area contributed by atoms with E-state index in [0.29, 0.717) is 16.6 Å². The molecule has 0 saturated carbocycles. The van der Waals surface area contributed by atoms with Crippen molar-refractivity contribution in [3.8, 4) is 16.8 Å². The molecule has 1 atom stereocenters. The van der Waals surface area contributed by atoms with Crippen LogP contribution in [0.5, 0.6) is 0 Å². The van der Waals surface area contributed by atoms with Gasteiger partial charge in [0.05, 0.1) is 17.1 Å². The second-order valence-corrected chi connectivity index (χ2v) is 5.66. The molecule has 2 aromatic heterocycles. The molecule has 1 N–H and O–H groups in total. The third-order valence-corrected chi connectivity index (χ3v) is 4.08. The number of aromatic nitrogens is 3. The minimum absolute atomic E-state index is 0.281. The Kier molecular flexibility index (Phi) is 3.01. The molecule has 0 aliphatic carbocycles. The molecule has 0 radical (unpaired) electrons. The maximum Gasteiger partial charge on any atom is 0.220 e. The summed E-state index contributed by atoms with van der Waals surface area (Å²) in [6.45, 7) is -2.50. The van der Waals surface area contributed by atoms with Crippen molar-refractivity contribution < 1.29 is 13.6 Å². The topological polar surface area (TPSA) is 50.9 Å². The van der Waals surface area contributed by atoms with Crippen LogP contribution in [0.25, 0.3) is 27.8 Å². The van der Waals surface area contributed by atoms with Crippen LogP contribution in [0.15, 0.2) is 67.1 Å². The summed E-state index contributed by atoms with van der Waals surface area (Å²) in [4.78, 5) is 8.01. The zero-order valence-corrected chi connectivity index (χ0v) is 13.1. The smallest absolute Gasteiger partial charge is 0.220 e. The Balaban J connectivity index is 1.76. The second kappa shape index (κ2) is 6.11. The van der Waals surface area contributed by atoms with E-state index >= 15 is 0 Å². The van der Waals surface area contributed by atoms with E-state index in [-0.39, 0.29) is 5.56 Å². The van der Waals surface area contributed by atoms with Gasteiger partial charge >= 0.3 is 0 Å². The first kappa shape index (κ1) is 12.3. The molecule has 0 spiro atoms. The van der Waals surface area contributed by atoms with Gasteiger partial charge in [-0.25, -0.2) is 9.97 Å². The molecule has 0 bridgehead atoms. The van der Waals surface area contributed by atoms with Crippen molar-refractivity contribution in [1.82, 2.24) is 14.5 Å². The van der Waals surface area contributed by atoms with E-state index in [1.165, 1.54) is 6.20 Å². The fourth-order valence-electron chi connectivity index (χ4n) is 2.83. The zero-order chi connectivity index (χ0) is 19.9. The Bertz CT molecular complexity index is 1160. The fourth-order valence-corrected chi connectivity index (χ4v) is 2.83. The number of nitrogens with zero attached hydrogens (tertiary/aromatic N) is 3. The van der Waals surface area contributed by atoms with Gasteiger partial charge in [0.15, 0.2) is 0 Å². The highest BCUT2D eigenvalue weighted by Gasteiger charge is 2.10. The number of hydrogen-bond donors (Lipinski definition) is 1. The molecule has 0 fully saturated rings. The molecule has 0 saturated heterocycles. The van der Waals surface area contributed by atoms with E-state index in [1.807, 2.05) is 22.8 Å². The van der Waals surface area contributed by atoms with Gasteiger partial charge in [-0.05, 0) is 54.4 Å². The number of aliphatic hydroxyl groups excluding tert-OH is 1. The fraction of sp³-hybridized carbons (Fsp3) is 0.100. The minimum Gasteiger partial charge on any atom is -0.389 e. The molecule has 0 aliphatic heterocycles. The number of rotatable bonds is 3. The van der Waals surface area contributed by atoms with E-state index in [0.717, 1.165) is 11.2 Å². The van der Waals surface area contributed by atoms with Gasteiger partial charge in [0.2, 0.25) is 5.95 Å². The molecule has 4 aromatic rings. The molecule has 4 rings (SSSR count). The number of pyridine rings is 1. The van der Waals surface area contributed by atoms with Gasteiger partial charge in [0, 0.05) is 21.6 Å². The van der Waals surface area contributed by atoms with Crippen molar-refractivity contribution in [3.63, 3.8) is 0 Å². The van der Waals surface area contributed by atoms with Gasteiger partial charge in [-0.15, -0.1) is 0 Å². The van der Waals surface area contributed by atoms with Crippen molar-refractivity contribution in [1.29, 1.82) is 0 Å². The normalized spacial score (nSPS) is 14.7. The standard InChI is InChI=1S/C20H16FN3O/c1-13(25)14-7-8-19-18(11-14)23-12-24(19)16-5-2-4-15(10-16)17-6-3-9-22-20(17)21/h2-13,25H,1H3/t13-/m1/s1/i1D3. The monoisotopic (exact) mass is 336 g/mol. The molecular formula is C20H16FN3O. The number of benzene rings is 2. The summed E-state index contributed by atoms with van der Waals surface area (Å²) >= 11 is 0. The van der Waals surface area contributed by atoms with E-state index in [1.54, 1.807) is 42.7 Å². The number of hydrogen-bond acceptors (Lipinski definition) is 3. The first-order valence-corrected chi connectivity index (χ1v) is 7.71. The van der Waals surface area contributed by atoms with Gasteiger partial charge in [-0.2, -0.15) is 4.39 Å². The van der Waals surface area contributed by atoms with Crippen LogP contribution in [0.4, 0.5) is 4.39 Å². The average Bonchev–Trinajstić information content (AvgIpc) is 3.10. The van der Waals surface area contributed by atoms with Gasteiger partial charge in [0.1, 0.15) is 6.33 Å². The lowest BCUT2D eigenvalue weighted by atomic mass is 10.1. The number of imidazole rings is 1. The molecule has 4 nitrogen and oxygen atoms in total. The molecule has 5 heteroatoms. The summed E-state index contributed by atoms with van der Waals surface area (Å²) < 4.78 is 37.9. The third kappa shape index (κ3) is 2.79. The van der Waals surface area contributed by atoms with Crippen molar-refractivity contribution in [2.75, 3.05) is 0 Å². The maximum atomic E-state index is 14.0. The Hall–Kier alpha value is -3.05. The zero-order valence-electron chi connectivity index (χ0n) is 16.1. The highest BCUT2D eigenvalue weighted by Crippen LogP contribution is 2.26. The van der Waals surface area contributed by atoms with Crippen LogP contribution >= 0.6 is 0 Å². The van der Waals surface area contributed by atoms with Crippen LogP contribution in [-0.4, -0.2) is 19.6 Å². The molecule has 124 valence electrons. The quantitative estimate of drug-likeness (QED) is 0.568. The number of fused-ring (bicyclic) bond motifs is 1. The van der Waals surface area contributed by atoms with Crippen LogP contribution in [0.2, 0.25) is 0 Å². The van der Waals surface area contributed by atoms with Crippen LogP contribution in [-0.2, 0) is 0 Å². The Morgan fingerprint density at radius 3 is 2.88 bits per heavy atom. The summed E-state index contributed by atoms with van der Waals surface area (Å²) in [5.41, 5.74) is 3.43. The highest BCUT2D eigenvalue weighted by atomic mass is 19.1.